The SMILES string of the molecule is COC1C(C(=O)N(c2cc(F)cc(C#N)c2)[C@@H]2CC[C@H]2O)OC(CO)C(O)C1n1cc(-c2cc(F)c(Br)c(F)c2)nn1. The molecule has 2 fully saturated rings. The zero-order valence-corrected chi connectivity index (χ0v) is 23.5. The fourth-order valence-corrected chi connectivity index (χ4v) is 5.51. The lowest BCUT2D eigenvalue weighted by Crippen LogP contribution is -2.64. The summed E-state index contributed by atoms with van der Waals surface area (Å²) < 4.78 is 55.0. The van der Waals surface area contributed by atoms with Crippen molar-refractivity contribution in [2.24, 2.45) is 0 Å². The summed E-state index contributed by atoms with van der Waals surface area (Å²) in [5.74, 6) is -3.31. The zero-order chi connectivity index (χ0) is 30.3. The summed E-state index contributed by atoms with van der Waals surface area (Å²) in [7, 11) is 1.25. The van der Waals surface area contributed by atoms with E-state index in [1.807, 2.05) is 6.07 Å². The third kappa shape index (κ3) is 5.41. The number of carbonyl (C=O) groups is 1. The van der Waals surface area contributed by atoms with Crippen molar-refractivity contribution >= 4 is 27.5 Å². The Morgan fingerprint density at radius 2 is 1.93 bits per heavy atom. The minimum Gasteiger partial charge on any atom is -0.394 e. The molecule has 1 aromatic heterocycles. The maximum Gasteiger partial charge on any atom is 0.259 e. The first-order chi connectivity index (χ1) is 20.1. The van der Waals surface area contributed by atoms with Crippen molar-refractivity contribution in [3.8, 4) is 17.3 Å². The molecule has 2 aliphatic rings. The number of aliphatic hydroxyl groups is 3. The van der Waals surface area contributed by atoms with Gasteiger partial charge < -0.3 is 29.7 Å². The summed E-state index contributed by atoms with van der Waals surface area (Å²) in [5.41, 5.74) is 0.0393. The number of methoxy groups -OCH3 is 1. The first-order valence-electron chi connectivity index (χ1n) is 12.8. The van der Waals surface area contributed by atoms with Gasteiger partial charge in [0.15, 0.2) is 6.10 Å². The monoisotopic (exact) mass is 651 g/mol. The van der Waals surface area contributed by atoms with E-state index in [0.29, 0.717) is 12.8 Å². The summed E-state index contributed by atoms with van der Waals surface area (Å²) in [5, 5.41) is 48.9. The third-order valence-electron chi connectivity index (χ3n) is 7.54. The van der Waals surface area contributed by atoms with Gasteiger partial charge in [0.2, 0.25) is 0 Å². The number of anilines is 1. The van der Waals surface area contributed by atoms with Gasteiger partial charge in [0.05, 0.1) is 41.1 Å². The van der Waals surface area contributed by atoms with Crippen molar-refractivity contribution in [3.63, 3.8) is 0 Å². The standard InChI is InChI=1S/C27H25BrF3N5O6/c1-41-25-23(35-10-18(33-34-35)13-6-16(30)22(28)17(31)7-13)24(39)21(11-37)42-26(25)27(40)36(19-2-3-20(19)38)15-5-12(9-32)4-14(29)8-15/h4-8,10,19-21,23-26,37-39H,2-3,11H2,1H3/t19-,20-,21?,23?,24?,25?,26?/m1/s1. The average Bonchev–Trinajstić information content (AvgIpc) is 3.46. The van der Waals surface area contributed by atoms with E-state index < -0.39 is 72.6 Å². The number of aliphatic hydroxyl groups excluding tert-OH is 3. The summed E-state index contributed by atoms with van der Waals surface area (Å²) >= 11 is 2.81. The van der Waals surface area contributed by atoms with Gasteiger partial charge in [-0.1, -0.05) is 5.21 Å². The number of nitriles is 1. The highest BCUT2D eigenvalue weighted by molar-refractivity contribution is 9.10. The van der Waals surface area contributed by atoms with Crippen LogP contribution in [0.15, 0.2) is 41.0 Å². The van der Waals surface area contributed by atoms with E-state index in [1.54, 1.807) is 0 Å². The molecule has 42 heavy (non-hydrogen) atoms. The van der Waals surface area contributed by atoms with Gasteiger partial charge in [-0.15, -0.1) is 5.10 Å². The molecule has 1 aliphatic heterocycles. The highest BCUT2D eigenvalue weighted by Gasteiger charge is 2.52. The summed E-state index contributed by atoms with van der Waals surface area (Å²) in [6.45, 7) is -0.715. The topological polar surface area (TPSA) is 154 Å². The van der Waals surface area contributed by atoms with E-state index >= 15 is 0 Å². The van der Waals surface area contributed by atoms with Crippen LogP contribution >= 0.6 is 15.9 Å². The number of nitrogens with zero attached hydrogens (tertiary/aromatic N) is 5. The fourth-order valence-electron chi connectivity index (χ4n) is 5.28. The molecule has 0 bridgehead atoms. The van der Waals surface area contributed by atoms with Crippen LogP contribution in [0.2, 0.25) is 0 Å². The van der Waals surface area contributed by atoms with Crippen molar-refractivity contribution in [3.05, 3.63) is 64.0 Å². The second-order valence-corrected chi connectivity index (χ2v) is 10.8. The van der Waals surface area contributed by atoms with Gasteiger partial charge in [-0.25, -0.2) is 17.9 Å². The van der Waals surface area contributed by atoms with Gasteiger partial charge in [-0.2, -0.15) is 5.26 Å². The molecule has 3 aromatic rings. The van der Waals surface area contributed by atoms with E-state index in [9.17, 15) is 38.5 Å². The largest absolute Gasteiger partial charge is 0.394 e. The predicted octanol–water partition coefficient (Wildman–Crippen LogP) is 2.23. The van der Waals surface area contributed by atoms with Crippen molar-refractivity contribution in [1.29, 1.82) is 5.26 Å². The van der Waals surface area contributed by atoms with Crippen molar-refractivity contribution in [2.75, 3.05) is 18.6 Å². The quantitative estimate of drug-likeness (QED) is 0.326. The first-order valence-corrected chi connectivity index (χ1v) is 13.6. The smallest absolute Gasteiger partial charge is 0.259 e. The second-order valence-electron chi connectivity index (χ2n) is 10.0. The Hall–Kier alpha value is -3.39. The lowest BCUT2D eigenvalue weighted by molar-refractivity contribution is -0.211. The predicted molar refractivity (Wildman–Crippen MR) is 142 cm³/mol. The summed E-state index contributed by atoms with van der Waals surface area (Å²) in [6.07, 6.45) is -4.48. The Balaban J connectivity index is 1.54. The van der Waals surface area contributed by atoms with E-state index in [4.69, 9.17) is 9.47 Å². The lowest BCUT2D eigenvalue weighted by atomic mass is 9.85. The third-order valence-corrected chi connectivity index (χ3v) is 8.30. The summed E-state index contributed by atoms with van der Waals surface area (Å²) in [4.78, 5) is 15.3. The molecule has 0 spiro atoms. The fraction of sp³-hybridized carbons (Fsp3) is 0.407. The molecule has 7 atom stereocenters. The number of benzene rings is 2. The Bertz CT molecular complexity index is 1510. The van der Waals surface area contributed by atoms with Crippen LogP contribution < -0.4 is 4.90 Å². The molecule has 2 heterocycles. The van der Waals surface area contributed by atoms with Gasteiger partial charge in [-0.05, 0) is 59.1 Å². The molecule has 222 valence electrons. The van der Waals surface area contributed by atoms with Crippen LogP contribution in [0.25, 0.3) is 11.3 Å². The average molecular weight is 652 g/mol. The van der Waals surface area contributed by atoms with Gasteiger partial charge >= 0.3 is 0 Å². The number of hydrogen-bond donors (Lipinski definition) is 3. The lowest BCUT2D eigenvalue weighted by Gasteiger charge is -2.47. The molecule has 5 rings (SSSR count). The van der Waals surface area contributed by atoms with Crippen LogP contribution in [0.4, 0.5) is 18.9 Å². The molecule has 1 saturated carbocycles. The molecular formula is C27H25BrF3N5O6. The van der Waals surface area contributed by atoms with E-state index in [0.717, 1.165) is 33.8 Å². The molecule has 1 aliphatic carbocycles. The Morgan fingerprint density at radius 3 is 2.50 bits per heavy atom. The second kappa shape index (κ2) is 12.1. The van der Waals surface area contributed by atoms with Gasteiger partial charge in [-0.3, -0.25) is 4.79 Å². The highest BCUT2D eigenvalue weighted by Crippen LogP contribution is 2.37. The minimum absolute atomic E-state index is 0.00399. The van der Waals surface area contributed by atoms with Crippen LogP contribution in [-0.2, 0) is 14.3 Å². The van der Waals surface area contributed by atoms with Gasteiger partial charge in [0, 0.05) is 18.4 Å². The molecular weight excluding hydrogens is 627 g/mol. The van der Waals surface area contributed by atoms with Crippen LogP contribution in [0.5, 0.6) is 0 Å². The van der Waals surface area contributed by atoms with Crippen LogP contribution in [0, 0.1) is 28.8 Å². The van der Waals surface area contributed by atoms with Crippen molar-refractivity contribution < 1.29 is 42.8 Å². The molecule has 2 aromatic carbocycles. The molecule has 1 amide bonds. The van der Waals surface area contributed by atoms with Crippen LogP contribution in [0.3, 0.4) is 0 Å². The van der Waals surface area contributed by atoms with E-state index in [1.165, 1.54) is 19.4 Å². The number of hydrogen-bond acceptors (Lipinski definition) is 9. The Kier molecular flexibility index (Phi) is 8.65. The van der Waals surface area contributed by atoms with Crippen LogP contribution in [-0.4, -0.2) is 86.5 Å². The molecule has 3 N–H and O–H groups in total. The van der Waals surface area contributed by atoms with Crippen LogP contribution in [0.1, 0.15) is 24.4 Å². The molecule has 1 saturated heterocycles. The maximum atomic E-state index is 14.4. The normalized spacial score (nSPS) is 27.3. The number of rotatable bonds is 7. The summed E-state index contributed by atoms with van der Waals surface area (Å²) in [6, 6.07) is 5.28. The highest BCUT2D eigenvalue weighted by atomic mass is 79.9. The van der Waals surface area contributed by atoms with E-state index in [-0.39, 0.29) is 27.0 Å². The number of amides is 1. The van der Waals surface area contributed by atoms with E-state index in [2.05, 4.69) is 26.2 Å². The van der Waals surface area contributed by atoms with Gasteiger partial charge in [0.1, 0.15) is 47.5 Å². The van der Waals surface area contributed by atoms with Gasteiger partial charge in [0.25, 0.3) is 5.91 Å². The number of ether oxygens (including phenoxy) is 2. The zero-order valence-electron chi connectivity index (χ0n) is 21.9. The minimum atomic E-state index is -1.52. The molecule has 15 heteroatoms. The molecule has 11 nitrogen and oxygen atoms in total. The molecule has 0 radical (unpaired) electrons. The maximum absolute atomic E-state index is 14.4. The Labute approximate surface area is 245 Å². The molecule has 5 unspecified atom stereocenters. The van der Waals surface area contributed by atoms with Crippen molar-refractivity contribution in [2.45, 2.75) is 55.4 Å². The first kappa shape index (κ1) is 30.1. The number of halogens is 4. The number of carbonyl (C=O) groups excluding carboxylic acids is 1. The van der Waals surface area contributed by atoms with Crippen molar-refractivity contribution in [1.82, 2.24) is 15.0 Å². The number of aromatic nitrogens is 3. The Morgan fingerprint density at radius 1 is 1.21 bits per heavy atom.